The molecule has 49 heavy (non-hydrogen) atoms. The summed E-state index contributed by atoms with van der Waals surface area (Å²) >= 11 is 0. The topological polar surface area (TPSA) is 89.4 Å². The number of hydrogen-bond acceptors (Lipinski definition) is 6. The van der Waals surface area contributed by atoms with Crippen molar-refractivity contribution in [2.24, 2.45) is 0 Å². The van der Waals surface area contributed by atoms with Crippen LogP contribution in [0.5, 0.6) is 0 Å². The number of hydrogen-bond donors (Lipinski definition) is 0. The van der Waals surface area contributed by atoms with Crippen molar-refractivity contribution in [3.05, 3.63) is 137 Å². The highest BCUT2D eigenvalue weighted by atomic mass is 19.4. The molecule has 0 spiro atoms. The number of aryl methyl sites for hydroxylation is 2. The van der Waals surface area contributed by atoms with Crippen LogP contribution in [0.25, 0.3) is 44.8 Å². The van der Waals surface area contributed by atoms with Crippen LogP contribution in [0.3, 0.4) is 0 Å². The molecule has 242 valence electrons. The van der Waals surface area contributed by atoms with E-state index in [0.717, 1.165) is 23.6 Å². The fraction of sp³-hybridized carbons (Fsp3) is 0.128. The zero-order chi connectivity index (χ0) is 34.2. The largest absolute Gasteiger partial charge is 0.441 e. The van der Waals surface area contributed by atoms with E-state index in [-0.39, 0.29) is 34.3 Å². The highest BCUT2D eigenvalue weighted by Gasteiger charge is 2.53. The molecule has 0 saturated carbocycles. The SMILES string of the molecule is Cc1ccc2c(c1)C(=O)N(c1cccc(-c3cccc(-c4nc5cc(C(C)(c6ccc7oc(C)nc7c6)C(F)(F)F)ccc5o4)c3)c1)C2=O. The van der Waals surface area contributed by atoms with E-state index in [1.807, 2.05) is 31.2 Å². The molecule has 0 bridgehead atoms. The molecule has 3 heterocycles. The second-order valence-corrected chi connectivity index (χ2v) is 12.4. The normalized spacial score (nSPS) is 14.5. The number of oxazole rings is 2. The average molecular weight is 658 g/mol. The van der Waals surface area contributed by atoms with Gasteiger partial charge in [-0.25, -0.2) is 14.9 Å². The fourth-order valence-corrected chi connectivity index (χ4v) is 6.46. The summed E-state index contributed by atoms with van der Waals surface area (Å²) in [5, 5.41) is 0. The number of imide groups is 1. The highest BCUT2D eigenvalue weighted by Crippen LogP contribution is 2.47. The molecular weight excluding hydrogens is 631 g/mol. The van der Waals surface area contributed by atoms with Gasteiger partial charge in [-0.05, 0) is 96.8 Å². The summed E-state index contributed by atoms with van der Waals surface area (Å²) < 4.78 is 56.2. The summed E-state index contributed by atoms with van der Waals surface area (Å²) in [6.45, 7) is 4.65. The van der Waals surface area contributed by atoms with E-state index >= 15 is 0 Å². The van der Waals surface area contributed by atoms with E-state index in [4.69, 9.17) is 8.83 Å². The Bertz CT molecular complexity index is 2500. The van der Waals surface area contributed by atoms with E-state index in [2.05, 4.69) is 9.97 Å². The number of benzene rings is 5. The lowest BCUT2D eigenvalue weighted by molar-refractivity contribution is -0.173. The van der Waals surface area contributed by atoms with Crippen molar-refractivity contribution in [3.8, 4) is 22.6 Å². The lowest BCUT2D eigenvalue weighted by atomic mass is 9.75. The number of carbonyl (C=O) groups is 2. The monoisotopic (exact) mass is 657 g/mol. The minimum atomic E-state index is -4.64. The summed E-state index contributed by atoms with van der Waals surface area (Å²) in [5.41, 5.74) is 3.18. The molecule has 0 aliphatic carbocycles. The Balaban J connectivity index is 1.13. The number of alkyl halides is 3. The third-order valence-electron chi connectivity index (χ3n) is 9.19. The van der Waals surface area contributed by atoms with E-state index in [0.29, 0.717) is 45.0 Å². The first-order chi connectivity index (χ1) is 23.4. The molecular formula is C39H26F3N3O4. The summed E-state index contributed by atoms with van der Waals surface area (Å²) in [5.74, 6) is -0.163. The fourth-order valence-electron chi connectivity index (χ4n) is 6.46. The van der Waals surface area contributed by atoms with Crippen molar-refractivity contribution in [3.63, 3.8) is 0 Å². The van der Waals surface area contributed by atoms with Crippen LogP contribution < -0.4 is 4.90 Å². The van der Waals surface area contributed by atoms with Crippen LogP contribution in [0.4, 0.5) is 18.9 Å². The summed E-state index contributed by atoms with van der Waals surface area (Å²) in [7, 11) is 0. The Kier molecular flexibility index (Phi) is 6.65. The van der Waals surface area contributed by atoms with Crippen molar-refractivity contribution >= 4 is 39.7 Å². The highest BCUT2D eigenvalue weighted by molar-refractivity contribution is 6.34. The van der Waals surface area contributed by atoms with Gasteiger partial charge < -0.3 is 8.83 Å². The Morgan fingerprint density at radius 2 is 1.24 bits per heavy atom. The summed E-state index contributed by atoms with van der Waals surface area (Å²) in [6.07, 6.45) is -4.64. The molecule has 2 amide bonds. The average Bonchev–Trinajstić information content (AvgIpc) is 3.75. The predicted octanol–water partition coefficient (Wildman–Crippen LogP) is 9.59. The van der Waals surface area contributed by atoms with E-state index in [1.165, 1.54) is 41.3 Å². The van der Waals surface area contributed by atoms with Gasteiger partial charge in [0.25, 0.3) is 11.8 Å². The number of rotatable bonds is 5. The van der Waals surface area contributed by atoms with E-state index in [1.54, 1.807) is 49.4 Å². The first kappa shape index (κ1) is 30.3. The van der Waals surface area contributed by atoms with Gasteiger partial charge in [0, 0.05) is 12.5 Å². The third-order valence-corrected chi connectivity index (χ3v) is 9.19. The molecule has 0 fully saturated rings. The Morgan fingerprint density at radius 1 is 0.633 bits per heavy atom. The van der Waals surface area contributed by atoms with Gasteiger partial charge in [-0.2, -0.15) is 13.2 Å². The van der Waals surface area contributed by atoms with Crippen LogP contribution in [0.1, 0.15) is 50.2 Å². The van der Waals surface area contributed by atoms with Crippen LogP contribution >= 0.6 is 0 Å². The molecule has 0 radical (unpaired) electrons. The maximum atomic E-state index is 14.9. The number of halogens is 3. The summed E-state index contributed by atoms with van der Waals surface area (Å²) in [6, 6.07) is 28.2. The molecule has 1 aliphatic heterocycles. The molecule has 8 rings (SSSR count). The van der Waals surface area contributed by atoms with Gasteiger partial charge >= 0.3 is 6.18 Å². The molecule has 1 unspecified atom stereocenters. The molecule has 5 aromatic carbocycles. The zero-order valence-corrected chi connectivity index (χ0v) is 26.4. The number of nitrogens with zero attached hydrogens (tertiary/aromatic N) is 3. The second kappa shape index (κ2) is 10.7. The summed E-state index contributed by atoms with van der Waals surface area (Å²) in [4.78, 5) is 36.4. The van der Waals surface area contributed by atoms with Crippen LogP contribution in [0, 0.1) is 13.8 Å². The first-order valence-electron chi connectivity index (χ1n) is 15.5. The van der Waals surface area contributed by atoms with Gasteiger partial charge in [0.15, 0.2) is 17.1 Å². The smallest absolute Gasteiger partial charge is 0.402 e. The van der Waals surface area contributed by atoms with Gasteiger partial charge in [0.05, 0.1) is 16.8 Å². The first-order valence-corrected chi connectivity index (χ1v) is 15.5. The van der Waals surface area contributed by atoms with Crippen LogP contribution in [-0.4, -0.2) is 28.0 Å². The minimum absolute atomic E-state index is 0.000742. The molecule has 7 aromatic rings. The lowest BCUT2D eigenvalue weighted by Gasteiger charge is -2.33. The molecule has 2 aromatic heterocycles. The lowest BCUT2D eigenvalue weighted by Crippen LogP contribution is -2.40. The van der Waals surface area contributed by atoms with Crippen LogP contribution in [0.15, 0.2) is 112 Å². The number of fused-ring (bicyclic) bond motifs is 3. The van der Waals surface area contributed by atoms with Gasteiger partial charge in [0.2, 0.25) is 5.89 Å². The van der Waals surface area contributed by atoms with Gasteiger partial charge in [-0.1, -0.05) is 48.0 Å². The number of aromatic nitrogens is 2. The van der Waals surface area contributed by atoms with Crippen molar-refractivity contribution in [1.82, 2.24) is 9.97 Å². The molecule has 7 nitrogen and oxygen atoms in total. The van der Waals surface area contributed by atoms with Crippen molar-refractivity contribution in [2.45, 2.75) is 32.4 Å². The molecule has 0 N–H and O–H groups in total. The molecule has 1 atom stereocenters. The maximum absolute atomic E-state index is 14.9. The minimum Gasteiger partial charge on any atom is -0.441 e. The third kappa shape index (κ3) is 4.82. The Hall–Kier alpha value is -6.03. The van der Waals surface area contributed by atoms with E-state index < -0.39 is 11.6 Å². The zero-order valence-electron chi connectivity index (χ0n) is 26.4. The van der Waals surface area contributed by atoms with Crippen LogP contribution in [0.2, 0.25) is 0 Å². The molecule has 10 heteroatoms. The quantitative estimate of drug-likeness (QED) is 0.171. The Morgan fingerprint density at radius 3 is 1.96 bits per heavy atom. The molecule has 1 aliphatic rings. The van der Waals surface area contributed by atoms with Gasteiger partial charge in [0.1, 0.15) is 16.4 Å². The van der Waals surface area contributed by atoms with E-state index in [9.17, 15) is 22.8 Å². The standard InChI is InChI=1S/C39H26F3N3O4/c1-21-10-13-29-30(16-21)37(47)45(36(29)46)28-9-5-7-24(18-28)23-6-4-8-25(17-23)35-44-32-20-27(12-15-34(32)49-35)38(3,39(40,41)42)26-11-14-33-31(19-26)43-22(2)48-33/h4-20H,1-3H3. The molecule has 0 saturated heterocycles. The van der Waals surface area contributed by atoms with Crippen molar-refractivity contribution in [1.29, 1.82) is 0 Å². The Labute approximate surface area is 277 Å². The van der Waals surface area contributed by atoms with Crippen molar-refractivity contribution < 1.29 is 31.6 Å². The predicted molar refractivity (Wildman–Crippen MR) is 178 cm³/mol. The number of anilines is 1. The van der Waals surface area contributed by atoms with Gasteiger partial charge in [-0.15, -0.1) is 0 Å². The number of carbonyl (C=O) groups excluding carboxylic acids is 2. The maximum Gasteiger partial charge on any atom is 0.402 e. The van der Waals surface area contributed by atoms with Gasteiger partial charge in [-0.3, -0.25) is 9.59 Å². The number of amides is 2. The second-order valence-electron chi connectivity index (χ2n) is 12.4. The van der Waals surface area contributed by atoms with Crippen LogP contribution in [-0.2, 0) is 5.41 Å². The van der Waals surface area contributed by atoms with Crippen molar-refractivity contribution in [2.75, 3.05) is 4.90 Å².